The van der Waals surface area contributed by atoms with E-state index in [4.69, 9.17) is 5.73 Å². The first-order chi connectivity index (χ1) is 9.29. The summed E-state index contributed by atoms with van der Waals surface area (Å²) in [6, 6.07) is 0. The first-order valence-corrected chi connectivity index (χ1v) is 7.00. The van der Waals surface area contributed by atoms with Gasteiger partial charge in [0.15, 0.2) is 5.13 Å². The smallest absolute Gasteiger partial charge is 0.382 e. The lowest BCUT2D eigenvalue weighted by Crippen LogP contribution is -2.47. The molecule has 5 nitrogen and oxygen atoms in total. The zero-order valence-electron chi connectivity index (χ0n) is 10.8. The van der Waals surface area contributed by atoms with E-state index in [0.29, 0.717) is 11.7 Å². The molecule has 0 radical (unpaired) electrons. The van der Waals surface area contributed by atoms with Crippen molar-refractivity contribution in [2.24, 2.45) is 0 Å². The van der Waals surface area contributed by atoms with E-state index in [1.165, 1.54) is 0 Å². The SMILES string of the molecule is CCCNc1nc(N)c(C(=O)NC2(C(F)(F)F)CC2)s1. The van der Waals surface area contributed by atoms with Gasteiger partial charge in [-0.05, 0) is 19.3 Å². The van der Waals surface area contributed by atoms with Crippen LogP contribution in [0.1, 0.15) is 35.9 Å². The van der Waals surface area contributed by atoms with Crippen molar-refractivity contribution in [3.05, 3.63) is 4.88 Å². The standard InChI is InChI=1S/C11H15F3N4OS/c1-2-5-16-9-17-7(15)6(20-9)8(19)18-10(3-4-10)11(12,13)14/h2-5,15H2,1H3,(H,16,17)(H,18,19). The highest BCUT2D eigenvalue weighted by atomic mass is 32.1. The minimum absolute atomic E-state index is 0.0131. The van der Waals surface area contributed by atoms with Gasteiger partial charge in [-0.15, -0.1) is 0 Å². The van der Waals surface area contributed by atoms with Crippen LogP contribution in [-0.4, -0.2) is 29.2 Å². The number of nitrogens with zero attached hydrogens (tertiary/aromatic N) is 1. The minimum Gasteiger partial charge on any atom is -0.382 e. The quantitative estimate of drug-likeness (QED) is 0.780. The van der Waals surface area contributed by atoms with Crippen molar-refractivity contribution >= 4 is 28.2 Å². The molecule has 1 aliphatic rings. The number of halogens is 3. The Hall–Kier alpha value is -1.51. The van der Waals surface area contributed by atoms with Gasteiger partial charge in [-0.1, -0.05) is 18.3 Å². The van der Waals surface area contributed by atoms with E-state index in [-0.39, 0.29) is 23.5 Å². The van der Waals surface area contributed by atoms with Crippen molar-refractivity contribution in [3.63, 3.8) is 0 Å². The van der Waals surface area contributed by atoms with E-state index in [2.05, 4.69) is 10.3 Å². The average Bonchev–Trinajstić information content (AvgIpc) is 3.03. The zero-order valence-corrected chi connectivity index (χ0v) is 11.6. The van der Waals surface area contributed by atoms with Crippen LogP contribution in [0.3, 0.4) is 0 Å². The summed E-state index contributed by atoms with van der Waals surface area (Å²) in [5, 5.41) is 5.41. The molecular formula is C11H15F3N4OS. The Morgan fingerprint density at radius 2 is 2.15 bits per heavy atom. The number of carbonyl (C=O) groups excluding carboxylic acids is 1. The maximum absolute atomic E-state index is 12.8. The first kappa shape index (κ1) is 14.9. The summed E-state index contributed by atoms with van der Waals surface area (Å²) in [6.45, 7) is 2.61. The van der Waals surface area contributed by atoms with Crippen molar-refractivity contribution in [1.29, 1.82) is 0 Å². The summed E-state index contributed by atoms with van der Waals surface area (Å²) in [5.74, 6) is -0.872. The van der Waals surface area contributed by atoms with E-state index in [1.807, 2.05) is 12.2 Å². The first-order valence-electron chi connectivity index (χ1n) is 6.18. The molecular weight excluding hydrogens is 293 g/mol. The largest absolute Gasteiger partial charge is 0.411 e. The number of carbonyl (C=O) groups is 1. The molecule has 1 amide bonds. The van der Waals surface area contributed by atoms with E-state index in [0.717, 1.165) is 17.8 Å². The third-order valence-corrected chi connectivity index (χ3v) is 4.06. The maximum atomic E-state index is 12.8. The van der Waals surface area contributed by atoms with Gasteiger partial charge in [0, 0.05) is 6.54 Å². The Kier molecular flexibility index (Phi) is 3.81. The minimum atomic E-state index is -4.44. The van der Waals surface area contributed by atoms with Gasteiger partial charge in [0.1, 0.15) is 16.2 Å². The van der Waals surface area contributed by atoms with Gasteiger partial charge in [0.25, 0.3) is 5.91 Å². The van der Waals surface area contributed by atoms with E-state index in [1.54, 1.807) is 0 Å². The molecule has 1 aromatic rings. The molecule has 0 atom stereocenters. The van der Waals surface area contributed by atoms with E-state index < -0.39 is 17.6 Å². The lowest BCUT2D eigenvalue weighted by molar-refractivity contribution is -0.163. The Morgan fingerprint density at radius 3 is 2.65 bits per heavy atom. The van der Waals surface area contributed by atoms with Gasteiger partial charge in [-0.2, -0.15) is 13.2 Å². The number of aromatic nitrogens is 1. The van der Waals surface area contributed by atoms with Crippen molar-refractivity contribution in [2.45, 2.75) is 37.9 Å². The second-order valence-electron chi connectivity index (χ2n) is 4.69. The summed E-state index contributed by atoms with van der Waals surface area (Å²) in [5.41, 5.74) is 3.49. The average molecular weight is 308 g/mol. The van der Waals surface area contributed by atoms with Crippen molar-refractivity contribution in [1.82, 2.24) is 10.3 Å². The Labute approximate surface area is 117 Å². The summed E-state index contributed by atoms with van der Waals surface area (Å²) in [6.07, 6.45) is -3.77. The van der Waals surface area contributed by atoms with Crippen LogP contribution in [0.15, 0.2) is 0 Å². The monoisotopic (exact) mass is 308 g/mol. The normalized spacial score (nSPS) is 16.8. The van der Waals surface area contributed by atoms with E-state index >= 15 is 0 Å². The van der Waals surface area contributed by atoms with Crippen molar-refractivity contribution in [2.75, 3.05) is 17.6 Å². The lowest BCUT2D eigenvalue weighted by Gasteiger charge is -2.20. The molecule has 0 bridgehead atoms. The Morgan fingerprint density at radius 1 is 1.50 bits per heavy atom. The van der Waals surface area contributed by atoms with Gasteiger partial charge in [0.05, 0.1) is 0 Å². The number of hydrogen-bond donors (Lipinski definition) is 3. The van der Waals surface area contributed by atoms with Crippen LogP contribution >= 0.6 is 11.3 Å². The number of hydrogen-bond acceptors (Lipinski definition) is 5. The molecule has 1 fully saturated rings. The van der Waals surface area contributed by atoms with Crippen LogP contribution in [-0.2, 0) is 0 Å². The fourth-order valence-corrected chi connectivity index (χ4v) is 2.49. The van der Waals surface area contributed by atoms with Crippen molar-refractivity contribution in [3.8, 4) is 0 Å². The molecule has 0 aliphatic heterocycles. The molecule has 2 rings (SSSR count). The number of amides is 1. The summed E-state index contributed by atoms with van der Waals surface area (Å²) in [4.78, 5) is 15.8. The second kappa shape index (κ2) is 5.12. The Balaban J connectivity index is 2.08. The molecule has 0 unspecified atom stereocenters. The molecule has 1 aromatic heterocycles. The predicted octanol–water partition coefficient (Wildman–Crippen LogP) is 2.37. The predicted molar refractivity (Wildman–Crippen MR) is 70.8 cm³/mol. The number of nitrogen functional groups attached to an aromatic ring is 1. The molecule has 112 valence electrons. The third-order valence-electron chi connectivity index (χ3n) is 3.03. The van der Waals surface area contributed by atoms with Gasteiger partial charge < -0.3 is 16.4 Å². The van der Waals surface area contributed by atoms with Gasteiger partial charge in [0.2, 0.25) is 0 Å². The highest BCUT2D eigenvalue weighted by Crippen LogP contribution is 2.49. The van der Waals surface area contributed by atoms with Gasteiger partial charge in [-0.3, -0.25) is 4.79 Å². The maximum Gasteiger partial charge on any atom is 0.411 e. The van der Waals surface area contributed by atoms with Crippen LogP contribution in [0.5, 0.6) is 0 Å². The summed E-state index contributed by atoms with van der Waals surface area (Å²) < 4.78 is 38.3. The highest BCUT2D eigenvalue weighted by Gasteiger charge is 2.64. The second-order valence-corrected chi connectivity index (χ2v) is 5.69. The number of nitrogens with one attached hydrogen (secondary N) is 2. The molecule has 20 heavy (non-hydrogen) atoms. The van der Waals surface area contributed by atoms with Crippen LogP contribution in [0.2, 0.25) is 0 Å². The van der Waals surface area contributed by atoms with Crippen LogP contribution in [0.4, 0.5) is 24.1 Å². The Bertz CT molecular complexity index is 510. The van der Waals surface area contributed by atoms with Gasteiger partial charge >= 0.3 is 6.18 Å². The molecule has 1 aliphatic carbocycles. The number of alkyl halides is 3. The van der Waals surface area contributed by atoms with E-state index in [9.17, 15) is 18.0 Å². The zero-order chi connectivity index (χ0) is 15.0. The lowest BCUT2D eigenvalue weighted by atomic mass is 10.2. The summed E-state index contributed by atoms with van der Waals surface area (Å²) >= 11 is 0.960. The van der Waals surface area contributed by atoms with Crippen molar-refractivity contribution < 1.29 is 18.0 Å². The van der Waals surface area contributed by atoms with Gasteiger partial charge in [-0.25, -0.2) is 4.98 Å². The summed E-state index contributed by atoms with van der Waals surface area (Å²) in [7, 11) is 0. The highest BCUT2D eigenvalue weighted by molar-refractivity contribution is 7.18. The fourth-order valence-electron chi connectivity index (χ4n) is 1.68. The molecule has 4 N–H and O–H groups in total. The fraction of sp³-hybridized carbons (Fsp3) is 0.636. The number of anilines is 2. The molecule has 9 heteroatoms. The number of thiazole rings is 1. The molecule has 0 spiro atoms. The third kappa shape index (κ3) is 2.82. The number of nitrogens with two attached hydrogens (primary N) is 1. The van der Waals surface area contributed by atoms with Crippen LogP contribution < -0.4 is 16.4 Å². The topological polar surface area (TPSA) is 80.0 Å². The molecule has 1 saturated carbocycles. The molecule has 1 heterocycles. The van der Waals surface area contributed by atoms with Crippen LogP contribution in [0, 0.1) is 0 Å². The number of rotatable bonds is 5. The molecule has 0 aromatic carbocycles. The van der Waals surface area contributed by atoms with Crippen LogP contribution in [0.25, 0.3) is 0 Å². The molecule has 0 saturated heterocycles.